The largest absolute Gasteiger partial charge is 0.489 e. The minimum absolute atomic E-state index is 0.248. The van der Waals surface area contributed by atoms with Crippen molar-refractivity contribution in [2.24, 2.45) is 0 Å². The number of aryl methyl sites for hydroxylation is 1. The molecule has 4 rings (SSSR count). The zero-order chi connectivity index (χ0) is 23.2. The van der Waals surface area contributed by atoms with Gasteiger partial charge in [0.15, 0.2) is 6.10 Å². The van der Waals surface area contributed by atoms with Gasteiger partial charge in [0.2, 0.25) is 0 Å². The van der Waals surface area contributed by atoms with Crippen molar-refractivity contribution in [3.63, 3.8) is 0 Å². The quantitative estimate of drug-likeness (QED) is 0.336. The highest BCUT2D eigenvalue weighted by Gasteiger charge is 2.17. The molecule has 4 aromatic rings. The third-order valence-corrected chi connectivity index (χ3v) is 5.36. The summed E-state index contributed by atoms with van der Waals surface area (Å²) in [6.45, 7) is 4.10. The van der Waals surface area contributed by atoms with Gasteiger partial charge in [-0.3, -0.25) is 0 Å². The smallest absolute Gasteiger partial charge is 0.344 e. The predicted molar refractivity (Wildman–Crippen MR) is 128 cm³/mol. The first-order chi connectivity index (χ1) is 16.0. The van der Waals surface area contributed by atoms with Crippen LogP contribution in [0.1, 0.15) is 23.6 Å². The van der Waals surface area contributed by atoms with E-state index in [2.05, 4.69) is 30.3 Å². The highest BCUT2D eigenvalue weighted by atomic mass is 16.5. The molecule has 0 aliphatic heterocycles. The Hall–Kier alpha value is -3.99. The van der Waals surface area contributed by atoms with Crippen LogP contribution in [-0.4, -0.2) is 17.2 Å². The molecule has 0 saturated carbocycles. The Morgan fingerprint density at radius 2 is 1.52 bits per heavy atom. The number of carboxylic acids is 1. The lowest BCUT2D eigenvalue weighted by Gasteiger charge is -2.17. The van der Waals surface area contributed by atoms with Gasteiger partial charge in [-0.1, -0.05) is 60.7 Å². The Bertz CT molecular complexity index is 1260. The van der Waals surface area contributed by atoms with Crippen LogP contribution in [0.25, 0.3) is 10.8 Å². The van der Waals surface area contributed by atoms with E-state index in [1.807, 2.05) is 61.5 Å². The number of rotatable bonds is 9. The van der Waals surface area contributed by atoms with Gasteiger partial charge in [-0.25, -0.2) is 4.79 Å². The first-order valence-corrected chi connectivity index (χ1v) is 10.8. The lowest BCUT2D eigenvalue weighted by Crippen LogP contribution is -2.24. The average Bonchev–Trinajstić information content (AvgIpc) is 2.83. The standard InChI is InChI=1S/C28H26O5/c1-19-7-5-10-24(27(19)33-20(2)28(29)30)18-32-26-12-6-11-25(16-26)31-17-21-13-14-22-8-3-4-9-23(22)15-21/h3-16,20H,17-18H2,1-2H3,(H,29,30). The van der Waals surface area contributed by atoms with E-state index in [1.165, 1.54) is 17.7 Å². The van der Waals surface area contributed by atoms with Crippen molar-refractivity contribution >= 4 is 16.7 Å². The summed E-state index contributed by atoms with van der Waals surface area (Å²) in [6.07, 6.45) is -0.948. The number of carboxylic acid groups (broad SMARTS) is 1. The predicted octanol–water partition coefficient (Wildman–Crippen LogP) is 6.16. The summed E-state index contributed by atoms with van der Waals surface area (Å²) in [7, 11) is 0. The Kier molecular flexibility index (Phi) is 6.79. The lowest BCUT2D eigenvalue weighted by molar-refractivity contribution is -0.144. The van der Waals surface area contributed by atoms with Gasteiger partial charge in [0.05, 0.1) is 0 Å². The zero-order valence-corrected chi connectivity index (χ0v) is 18.7. The van der Waals surface area contributed by atoms with Crippen LogP contribution in [-0.2, 0) is 18.0 Å². The van der Waals surface area contributed by atoms with Gasteiger partial charge in [0.25, 0.3) is 0 Å². The molecule has 1 atom stereocenters. The maximum atomic E-state index is 11.2. The van der Waals surface area contributed by atoms with Gasteiger partial charge in [-0.05, 0) is 53.9 Å². The molecule has 0 bridgehead atoms. The first-order valence-electron chi connectivity index (χ1n) is 10.8. The van der Waals surface area contributed by atoms with Crippen molar-refractivity contribution in [3.05, 3.63) is 102 Å². The Labute approximate surface area is 193 Å². The van der Waals surface area contributed by atoms with Gasteiger partial charge in [0.1, 0.15) is 30.5 Å². The number of aliphatic carboxylic acids is 1. The van der Waals surface area contributed by atoms with E-state index < -0.39 is 12.1 Å². The summed E-state index contributed by atoms with van der Waals surface area (Å²) < 4.78 is 17.6. The molecule has 4 aromatic carbocycles. The van der Waals surface area contributed by atoms with E-state index in [-0.39, 0.29) is 6.61 Å². The molecule has 5 heteroatoms. The van der Waals surface area contributed by atoms with Crippen LogP contribution in [0.3, 0.4) is 0 Å². The molecule has 1 N–H and O–H groups in total. The molecule has 0 heterocycles. The fourth-order valence-corrected chi connectivity index (χ4v) is 3.53. The molecule has 1 unspecified atom stereocenters. The Balaban J connectivity index is 1.41. The second kappa shape index (κ2) is 10.1. The minimum atomic E-state index is -1.01. The summed E-state index contributed by atoms with van der Waals surface area (Å²) >= 11 is 0. The molecule has 0 radical (unpaired) electrons. The summed E-state index contributed by atoms with van der Waals surface area (Å²) in [4.78, 5) is 11.2. The van der Waals surface area contributed by atoms with Gasteiger partial charge in [0, 0.05) is 11.6 Å². The van der Waals surface area contributed by atoms with E-state index in [1.54, 1.807) is 0 Å². The Morgan fingerprint density at radius 1 is 0.818 bits per heavy atom. The summed E-state index contributed by atoms with van der Waals surface area (Å²) in [5.41, 5.74) is 2.73. The summed E-state index contributed by atoms with van der Waals surface area (Å²) in [6, 6.07) is 27.7. The Morgan fingerprint density at radius 3 is 2.27 bits per heavy atom. The third kappa shape index (κ3) is 5.63. The average molecular weight is 443 g/mol. The van der Waals surface area contributed by atoms with Crippen LogP contribution in [0.4, 0.5) is 0 Å². The van der Waals surface area contributed by atoms with E-state index in [0.29, 0.717) is 23.9 Å². The van der Waals surface area contributed by atoms with Crippen molar-refractivity contribution in [2.45, 2.75) is 33.2 Å². The minimum Gasteiger partial charge on any atom is -0.489 e. The number of para-hydroxylation sites is 1. The molecular weight excluding hydrogens is 416 g/mol. The number of hydrogen-bond acceptors (Lipinski definition) is 4. The van der Waals surface area contributed by atoms with Crippen LogP contribution in [0.5, 0.6) is 17.2 Å². The zero-order valence-electron chi connectivity index (χ0n) is 18.7. The number of carbonyl (C=O) groups is 1. The molecule has 33 heavy (non-hydrogen) atoms. The fraction of sp³-hybridized carbons (Fsp3) is 0.179. The van der Waals surface area contributed by atoms with Crippen molar-refractivity contribution in [3.8, 4) is 17.2 Å². The molecule has 0 spiro atoms. The molecule has 0 saturated heterocycles. The molecule has 168 valence electrons. The third-order valence-electron chi connectivity index (χ3n) is 5.36. The maximum Gasteiger partial charge on any atom is 0.344 e. The normalized spacial score (nSPS) is 11.7. The molecule has 0 fully saturated rings. The number of hydrogen-bond donors (Lipinski definition) is 1. The SMILES string of the molecule is Cc1cccc(COc2cccc(OCc3ccc4ccccc4c3)c2)c1OC(C)C(=O)O. The van der Waals surface area contributed by atoms with Crippen molar-refractivity contribution in [2.75, 3.05) is 0 Å². The monoisotopic (exact) mass is 442 g/mol. The molecule has 5 nitrogen and oxygen atoms in total. The maximum absolute atomic E-state index is 11.2. The first kappa shape index (κ1) is 22.2. The van der Waals surface area contributed by atoms with E-state index in [0.717, 1.165) is 16.7 Å². The summed E-state index contributed by atoms with van der Waals surface area (Å²) in [5.74, 6) is 0.892. The number of fused-ring (bicyclic) bond motifs is 1. The van der Waals surface area contributed by atoms with Crippen LogP contribution >= 0.6 is 0 Å². The van der Waals surface area contributed by atoms with Crippen molar-refractivity contribution < 1.29 is 24.1 Å². The van der Waals surface area contributed by atoms with Crippen LogP contribution in [0, 0.1) is 6.92 Å². The van der Waals surface area contributed by atoms with Gasteiger partial charge < -0.3 is 19.3 Å². The molecular formula is C28H26O5. The van der Waals surface area contributed by atoms with Gasteiger partial charge >= 0.3 is 5.97 Å². The van der Waals surface area contributed by atoms with Crippen LogP contribution < -0.4 is 14.2 Å². The van der Waals surface area contributed by atoms with Gasteiger partial charge in [-0.15, -0.1) is 0 Å². The number of benzene rings is 4. The topological polar surface area (TPSA) is 65.0 Å². The fourth-order valence-electron chi connectivity index (χ4n) is 3.53. The number of ether oxygens (including phenoxy) is 3. The van der Waals surface area contributed by atoms with Crippen molar-refractivity contribution in [1.29, 1.82) is 0 Å². The van der Waals surface area contributed by atoms with Crippen molar-refractivity contribution in [1.82, 2.24) is 0 Å². The lowest BCUT2D eigenvalue weighted by atomic mass is 10.1. The van der Waals surface area contributed by atoms with E-state index in [4.69, 9.17) is 14.2 Å². The molecule has 0 aromatic heterocycles. The molecule has 0 aliphatic rings. The summed E-state index contributed by atoms with van der Waals surface area (Å²) in [5, 5.41) is 11.6. The van der Waals surface area contributed by atoms with Crippen LogP contribution in [0.15, 0.2) is 84.9 Å². The molecule has 0 amide bonds. The highest BCUT2D eigenvalue weighted by molar-refractivity contribution is 5.82. The second-order valence-corrected chi connectivity index (χ2v) is 7.90. The van der Waals surface area contributed by atoms with E-state index in [9.17, 15) is 9.90 Å². The second-order valence-electron chi connectivity index (χ2n) is 7.90. The highest BCUT2D eigenvalue weighted by Crippen LogP contribution is 2.27. The van der Waals surface area contributed by atoms with Gasteiger partial charge in [-0.2, -0.15) is 0 Å². The van der Waals surface area contributed by atoms with E-state index >= 15 is 0 Å². The van der Waals surface area contributed by atoms with Crippen LogP contribution in [0.2, 0.25) is 0 Å². The molecule has 0 aliphatic carbocycles.